The molecule has 2 aliphatic rings. The van der Waals surface area contributed by atoms with Gasteiger partial charge in [-0.1, -0.05) is 155 Å². The van der Waals surface area contributed by atoms with Gasteiger partial charge in [-0.25, -0.2) is 9.59 Å². The molecule has 0 saturated heterocycles. The van der Waals surface area contributed by atoms with Gasteiger partial charge in [-0.2, -0.15) is 0 Å². The second-order valence-electron chi connectivity index (χ2n) is 15.7. The van der Waals surface area contributed by atoms with E-state index in [-0.39, 0.29) is 41.6 Å². The van der Waals surface area contributed by atoms with Gasteiger partial charge in [0.2, 0.25) is 0 Å². The fraction of sp³-hybridized carbons (Fsp3) is 0.283. The quantitative estimate of drug-likeness (QED) is 0.0705. The summed E-state index contributed by atoms with van der Waals surface area (Å²) in [6.45, 7) is 10.4. The molecule has 5 aromatic carbocycles. The Kier molecular flexibility index (Phi) is 14.5. The minimum Gasteiger partial charge on any atom is -0.512 e. The molecule has 0 fully saturated rings. The zero-order valence-corrected chi connectivity index (χ0v) is 35.3. The maximum atomic E-state index is 13.3. The van der Waals surface area contributed by atoms with E-state index in [0.717, 1.165) is 40.7 Å². The molecule has 8 nitrogen and oxygen atoms in total. The summed E-state index contributed by atoms with van der Waals surface area (Å²) in [5.41, 5.74) is 3.28. The van der Waals surface area contributed by atoms with E-state index in [4.69, 9.17) is 14.2 Å². The Morgan fingerprint density at radius 3 is 1.64 bits per heavy atom. The molecule has 0 spiro atoms. The number of ether oxygens (including phenoxy) is 3. The minimum absolute atomic E-state index is 0.0501. The van der Waals surface area contributed by atoms with Gasteiger partial charge in [0.25, 0.3) is 0 Å². The molecule has 61 heavy (non-hydrogen) atoms. The first-order valence-corrected chi connectivity index (χ1v) is 21.2. The summed E-state index contributed by atoms with van der Waals surface area (Å²) < 4.78 is 18.0. The van der Waals surface area contributed by atoms with Crippen LogP contribution in [0.15, 0.2) is 175 Å². The highest BCUT2D eigenvalue weighted by Gasteiger charge is 2.46. The van der Waals surface area contributed by atoms with Gasteiger partial charge in [-0.15, -0.1) is 6.58 Å². The van der Waals surface area contributed by atoms with E-state index in [1.54, 1.807) is 24.3 Å². The lowest BCUT2D eigenvalue weighted by Crippen LogP contribution is -2.39. The molecule has 0 bridgehead atoms. The number of aliphatic hydroxyl groups excluding tert-OH is 2. The lowest BCUT2D eigenvalue weighted by molar-refractivity contribution is -0.163. The number of esters is 2. The van der Waals surface area contributed by atoms with Crippen molar-refractivity contribution in [3.63, 3.8) is 0 Å². The smallest absolute Gasteiger partial charge is 0.339 e. The van der Waals surface area contributed by atoms with E-state index < -0.39 is 29.1 Å². The summed E-state index contributed by atoms with van der Waals surface area (Å²) in [6.07, 6.45) is 5.69. The summed E-state index contributed by atoms with van der Waals surface area (Å²) >= 11 is 0. The topological polar surface area (TPSA) is 123 Å². The standard InChI is InChI=1S/C30H30O4.C23H26O4/c1-3-18-30(24-15-9-6-10-16-24)20-27(31)28(29(32)34-30)26(4-2)23-14-11-17-25(19-23)33-21-22-12-7-5-8-13-22;1-3-13-23(17-10-6-5-7-11-17)15-20(25)21(22(26)27-23)19(4-2)16-9-8-12-18(24)14-16/h4-17,19,26,31H,2-3,18,20-21H2,1H3;5-12,14,19,24-25H,3-4,13,15H2,1-2H3. The predicted molar refractivity (Wildman–Crippen MR) is 238 cm³/mol. The van der Waals surface area contributed by atoms with Gasteiger partial charge < -0.3 is 29.5 Å². The Balaban J connectivity index is 0.000000210. The molecule has 0 aromatic heterocycles. The summed E-state index contributed by atoms with van der Waals surface area (Å²) in [5, 5.41) is 31.9. The lowest BCUT2D eigenvalue weighted by Gasteiger charge is -2.39. The first kappa shape index (κ1) is 44.0. The van der Waals surface area contributed by atoms with Crippen molar-refractivity contribution in [1.29, 1.82) is 0 Å². The average molecular weight is 821 g/mol. The van der Waals surface area contributed by atoms with Crippen LogP contribution >= 0.6 is 0 Å². The number of phenolic OH excluding ortho intramolecular Hbond substituents is 1. The largest absolute Gasteiger partial charge is 0.512 e. The van der Waals surface area contributed by atoms with Gasteiger partial charge in [-0.05, 0) is 71.3 Å². The molecule has 7 rings (SSSR count). The van der Waals surface area contributed by atoms with Gasteiger partial charge in [0.1, 0.15) is 40.8 Å². The maximum Gasteiger partial charge on any atom is 0.339 e. The van der Waals surface area contributed by atoms with Crippen LogP contribution in [0.1, 0.15) is 105 Å². The number of carbonyl (C=O) groups excluding carboxylic acids is 2. The van der Waals surface area contributed by atoms with Crippen LogP contribution in [0.3, 0.4) is 0 Å². The highest BCUT2D eigenvalue weighted by atomic mass is 16.6. The maximum absolute atomic E-state index is 13.3. The Hall–Kier alpha value is -6.54. The molecule has 2 heterocycles. The third-order valence-corrected chi connectivity index (χ3v) is 11.5. The normalized spacial score (nSPS) is 19.8. The van der Waals surface area contributed by atoms with E-state index in [1.165, 1.54) is 0 Å². The van der Waals surface area contributed by atoms with Gasteiger partial charge in [0.05, 0.1) is 11.1 Å². The van der Waals surface area contributed by atoms with E-state index >= 15 is 0 Å². The molecular formula is C53H56O8. The Bertz CT molecular complexity index is 2330. The Labute approximate surface area is 359 Å². The van der Waals surface area contributed by atoms with E-state index in [0.29, 0.717) is 37.2 Å². The molecule has 2 aliphatic heterocycles. The third kappa shape index (κ3) is 10.1. The van der Waals surface area contributed by atoms with Crippen LogP contribution in [-0.4, -0.2) is 27.3 Å². The third-order valence-electron chi connectivity index (χ3n) is 11.5. The van der Waals surface area contributed by atoms with Crippen LogP contribution in [0.5, 0.6) is 11.5 Å². The van der Waals surface area contributed by atoms with Crippen molar-refractivity contribution in [2.75, 3.05) is 0 Å². The second-order valence-corrected chi connectivity index (χ2v) is 15.7. The average Bonchev–Trinajstić information content (AvgIpc) is 3.27. The van der Waals surface area contributed by atoms with Crippen LogP contribution in [0.4, 0.5) is 0 Å². The van der Waals surface area contributed by atoms with Crippen molar-refractivity contribution in [1.82, 2.24) is 0 Å². The number of benzene rings is 5. The molecule has 0 radical (unpaired) electrons. The first-order valence-electron chi connectivity index (χ1n) is 21.2. The van der Waals surface area contributed by atoms with Crippen molar-refractivity contribution in [3.8, 4) is 11.5 Å². The van der Waals surface area contributed by atoms with E-state index in [9.17, 15) is 24.9 Å². The molecule has 316 valence electrons. The van der Waals surface area contributed by atoms with Crippen LogP contribution in [0, 0.1) is 0 Å². The molecular weight excluding hydrogens is 765 g/mol. The van der Waals surface area contributed by atoms with Crippen molar-refractivity contribution in [2.24, 2.45) is 0 Å². The SMILES string of the molecule is C=CC(C1=C(O)CC(CCC)(c2ccccc2)OC1=O)c1cccc(OCc2ccccc2)c1.CCCC1(c2ccccc2)CC(O)=C(C(CC)c2cccc(O)c2)C(=O)O1. The molecule has 8 heteroatoms. The number of allylic oxidation sites excluding steroid dienone is 1. The van der Waals surface area contributed by atoms with Crippen LogP contribution in [0.25, 0.3) is 0 Å². The summed E-state index contributed by atoms with van der Waals surface area (Å²) in [7, 11) is 0. The highest BCUT2D eigenvalue weighted by molar-refractivity contribution is 5.93. The van der Waals surface area contributed by atoms with E-state index in [2.05, 4.69) is 6.58 Å². The predicted octanol–water partition coefficient (Wildman–Crippen LogP) is 12.3. The van der Waals surface area contributed by atoms with Crippen LogP contribution in [0.2, 0.25) is 0 Å². The molecule has 0 aliphatic carbocycles. The van der Waals surface area contributed by atoms with Crippen LogP contribution in [-0.2, 0) is 36.9 Å². The number of cyclic esters (lactones) is 2. The van der Waals surface area contributed by atoms with Gasteiger partial charge in [0.15, 0.2) is 0 Å². The van der Waals surface area contributed by atoms with Crippen molar-refractivity contribution < 1.29 is 39.1 Å². The lowest BCUT2D eigenvalue weighted by atomic mass is 9.79. The zero-order chi connectivity index (χ0) is 43.4. The Morgan fingerprint density at radius 1 is 0.639 bits per heavy atom. The van der Waals surface area contributed by atoms with Crippen LogP contribution < -0.4 is 4.74 Å². The van der Waals surface area contributed by atoms with Gasteiger partial charge >= 0.3 is 11.9 Å². The van der Waals surface area contributed by atoms with Gasteiger partial charge in [0, 0.05) is 24.7 Å². The fourth-order valence-corrected chi connectivity index (χ4v) is 8.64. The van der Waals surface area contributed by atoms with E-state index in [1.807, 2.05) is 142 Å². The summed E-state index contributed by atoms with van der Waals surface area (Å²) in [6, 6.07) is 43.6. The summed E-state index contributed by atoms with van der Waals surface area (Å²) in [5.74, 6) is -0.870. The highest BCUT2D eigenvalue weighted by Crippen LogP contribution is 2.46. The summed E-state index contributed by atoms with van der Waals surface area (Å²) in [4.78, 5) is 26.3. The van der Waals surface area contributed by atoms with Gasteiger partial charge in [-0.3, -0.25) is 0 Å². The fourth-order valence-electron chi connectivity index (χ4n) is 8.64. The molecule has 4 unspecified atom stereocenters. The van der Waals surface area contributed by atoms with Crippen molar-refractivity contribution in [2.45, 2.75) is 95.4 Å². The number of phenols is 1. The number of hydrogen-bond acceptors (Lipinski definition) is 8. The number of carbonyl (C=O) groups is 2. The van der Waals surface area contributed by atoms with Crippen molar-refractivity contribution in [3.05, 3.63) is 203 Å². The molecule has 0 amide bonds. The number of hydrogen-bond donors (Lipinski definition) is 3. The molecule has 5 aromatic rings. The molecule has 3 N–H and O–H groups in total. The molecule has 4 atom stereocenters. The first-order chi connectivity index (χ1) is 29.6. The zero-order valence-electron chi connectivity index (χ0n) is 35.3. The van der Waals surface area contributed by atoms with Crippen molar-refractivity contribution >= 4 is 11.9 Å². The second kappa shape index (κ2) is 20.1. The minimum atomic E-state index is -0.868. The Morgan fingerprint density at radius 2 is 1.15 bits per heavy atom. The monoisotopic (exact) mass is 820 g/mol. The molecule has 0 saturated carbocycles. The number of aliphatic hydroxyl groups is 2. The number of rotatable bonds is 15. The number of aromatic hydroxyl groups is 1.